The third kappa shape index (κ3) is 7.17. The molecule has 1 saturated heterocycles. The number of carbonyl (C=O) groups is 1. The Kier molecular flexibility index (Phi) is 9.56. The molecule has 10 heteroatoms. The van der Waals surface area contributed by atoms with E-state index in [4.69, 9.17) is 23.2 Å². The van der Waals surface area contributed by atoms with Crippen molar-refractivity contribution in [2.24, 2.45) is 0 Å². The lowest BCUT2D eigenvalue weighted by Gasteiger charge is -2.39. The van der Waals surface area contributed by atoms with E-state index in [0.717, 1.165) is 41.4 Å². The van der Waals surface area contributed by atoms with Gasteiger partial charge in [-0.1, -0.05) is 53.5 Å². The highest BCUT2D eigenvalue weighted by atomic mass is 35.5. The van der Waals surface area contributed by atoms with Gasteiger partial charge in [-0.2, -0.15) is 0 Å². The van der Waals surface area contributed by atoms with Crippen molar-refractivity contribution in [2.75, 3.05) is 39.0 Å². The summed E-state index contributed by atoms with van der Waals surface area (Å²) in [6, 6.07) is 15.1. The topological polar surface area (TPSA) is 70.5 Å². The number of carbonyl (C=O) groups excluding carboxylic acids is 1. The molecule has 0 bridgehead atoms. The Balaban J connectivity index is 1.32. The van der Waals surface area contributed by atoms with Crippen LogP contribution in [0.3, 0.4) is 0 Å². The van der Waals surface area contributed by atoms with Crippen LogP contribution in [0.2, 0.25) is 10.0 Å². The third-order valence-corrected chi connectivity index (χ3v) is 8.13. The fourth-order valence-corrected chi connectivity index (χ4v) is 5.79. The van der Waals surface area contributed by atoms with Gasteiger partial charge < -0.3 is 9.88 Å². The first-order valence-corrected chi connectivity index (χ1v) is 14.2. The molecular formula is C26H31Cl2N5O2S. The van der Waals surface area contributed by atoms with Gasteiger partial charge >= 0.3 is 0 Å². The van der Waals surface area contributed by atoms with Crippen LogP contribution in [0.4, 0.5) is 0 Å². The quantitative estimate of drug-likeness (QED) is 0.422. The molecule has 7 nitrogen and oxygen atoms in total. The number of benzene rings is 2. The van der Waals surface area contributed by atoms with Crippen molar-refractivity contribution in [3.63, 3.8) is 0 Å². The average molecular weight is 549 g/mol. The normalized spacial score (nSPS) is 17.7. The summed E-state index contributed by atoms with van der Waals surface area (Å²) in [6.07, 6.45) is 6.69. The van der Waals surface area contributed by atoms with Gasteiger partial charge in [-0.05, 0) is 35.7 Å². The Morgan fingerprint density at radius 2 is 1.97 bits per heavy atom. The maximum atomic E-state index is 13.2. The molecule has 2 heterocycles. The first-order chi connectivity index (χ1) is 17.4. The van der Waals surface area contributed by atoms with E-state index < -0.39 is 17.0 Å². The highest BCUT2D eigenvalue weighted by Crippen LogP contribution is 2.18. The average Bonchev–Trinajstić information content (AvgIpc) is 3.30. The van der Waals surface area contributed by atoms with Gasteiger partial charge in [0.15, 0.2) is 0 Å². The van der Waals surface area contributed by atoms with Crippen LogP contribution in [0, 0.1) is 0 Å². The van der Waals surface area contributed by atoms with E-state index in [1.807, 2.05) is 54.7 Å². The number of nitrogens with one attached hydrogen (secondary N) is 1. The van der Waals surface area contributed by atoms with E-state index in [2.05, 4.69) is 19.8 Å². The molecule has 1 fully saturated rings. The van der Waals surface area contributed by atoms with Gasteiger partial charge in [0, 0.05) is 73.9 Å². The van der Waals surface area contributed by atoms with E-state index in [9.17, 15) is 9.00 Å². The summed E-state index contributed by atoms with van der Waals surface area (Å²) in [7, 11) is -1.22. The number of halogens is 2. The molecular weight excluding hydrogens is 517 g/mol. The lowest BCUT2D eigenvalue weighted by atomic mass is 10.1. The molecule has 1 N–H and O–H groups in total. The number of aromatic nitrogens is 2. The van der Waals surface area contributed by atoms with Crippen LogP contribution in [-0.4, -0.2) is 73.9 Å². The molecule has 192 valence electrons. The van der Waals surface area contributed by atoms with Gasteiger partial charge in [0.2, 0.25) is 5.91 Å². The van der Waals surface area contributed by atoms with E-state index >= 15 is 0 Å². The molecule has 1 aromatic heterocycles. The lowest BCUT2D eigenvalue weighted by Crippen LogP contribution is -2.59. The molecule has 1 amide bonds. The van der Waals surface area contributed by atoms with E-state index in [1.165, 1.54) is 0 Å². The van der Waals surface area contributed by atoms with Crippen molar-refractivity contribution in [3.05, 3.63) is 87.9 Å². The summed E-state index contributed by atoms with van der Waals surface area (Å²) in [6.45, 7) is 3.80. The van der Waals surface area contributed by atoms with Crippen LogP contribution in [-0.2, 0) is 35.2 Å². The van der Waals surface area contributed by atoms with Crippen LogP contribution in [0.1, 0.15) is 16.8 Å². The van der Waals surface area contributed by atoms with Crippen molar-refractivity contribution >= 4 is 40.1 Å². The van der Waals surface area contributed by atoms with Crippen LogP contribution in [0.5, 0.6) is 0 Å². The second kappa shape index (κ2) is 12.8. The van der Waals surface area contributed by atoms with Gasteiger partial charge in [-0.25, -0.2) is 13.5 Å². The van der Waals surface area contributed by atoms with Crippen molar-refractivity contribution in [1.82, 2.24) is 24.1 Å². The Morgan fingerprint density at radius 3 is 2.75 bits per heavy atom. The number of hydrogen-bond acceptors (Lipinski definition) is 4. The van der Waals surface area contributed by atoms with Crippen LogP contribution in [0.15, 0.2) is 61.1 Å². The number of imidazole rings is 1. The molecule has 36 heavy (non-hydrogen) atoms. The van der Waals surface area contributed by atoms with E-state index in [0.29, 0.717) is 37.6 Å². The van der Waals surface area contributed by atoms with Crippen molar-refractivity contribution in [1.29, 1.82) is 0 Å². The summed E-state index contributed by atoms with van der Waals surface area (Å²) >= 11 is 12.4. The zero-order valence-corrected chi connectivity index (χ0v) is 22.6. The minimum atomic E-state index is -1.22. The first kappa shape index (κ1) is 26.8. The Hall–Kier alpha value is -2.23. The van der Waals surface area contributed by atoms with Crippen molar-refractivity contribution in [2.45, 2.75) is 25.4 Å². The minimum absolute atomic E-state index is 0.103. The molecule has 0 radical (unpaired) electrons. The van der Waals surface area contributed by atoms with Crippen molar-refractivity contribution < 1.29 is 9.00 Å². The molecule has 2 atom stereocenters. The van der Waals surface area contributed by atoms with Gasteiger partial charge in [0.1, 0.15) is 6.04 Å². The maximum Gasteiger partial charge on any atom is 0.239 e. The number of rotatable bonds is 10. The number of nitrogens with zero attached hydrogens (tertiary/aromatic N) is 4. The minimum Gasteiger partial charge on any atom is -0.354 e. The Morgan fingerprint density at radius 1 is 1.14 bits per heavy atom. The summed E-state index contributed by atoms with van der Waals surface area (Å²) in [5.41, 5.74) is 3.21. The molecule has 2 aromatic carbocycles. The van der Waals surface area contributed by atoms with Crippen LogP contribution < -0.4 is 5.32 Å². The third-order valence-electron chi connectivity index (χ3n) is 6.42. The van der Waals surface area contributed by atoms with Crippen molar-refractivity contribution in [3.8, 4) is 0 Å². The molecule has 4 rings (SSSR count). The zero-order valence-electron chi connectivity index (χ0n) is 20.3. The second-order valence-electron chi connectivity index (χ2n) is 8.91. The van der Waals surface area contributed by atoms with Crippen LogP contribution in [0.25, 0.3) is 0 Å². The monoisotopic (exact) mass is 547 g/mol. The van der Waals surface area contributed by atoms with Gasteiger partial charge in [-0.3, -0.25) is 9.69 Å². The summed E-state index contributed by atoms with van der Waals surface area (Å²) in [4.78, 5) is 19.7. The van der Waals surface area contributed by atoms with E-state index in [1.54, 1.807) is 16.9 Å². The predicted octanol–water partition coefficient (Wildman–Crippen LogP) is 3.42. The van der Waals surface area contributed by atoms with Gasteiger partial charge in [0.25, 0.3) is 0 Å². The summed E-state index contributed by atoms with van der Waals surface area (Å²) in [5, 5.41) is 4.51. The smallest absolute Gasteiger partial charge is 0.239 e. The van der Waals surface area contributed by atoms with E-state index in [-0.39, 0.29) is 5.91 Å². The second-order valence-corrected chi connectivity index (χ2v) is 11.1. The molecule has 3 aromatic rings. The molecule has 1 aliphatic rings. The highest BCUT2D eigenvalue weighted by molar-refractivity contribution is 7.81. The van der Waals surface area contributed by atoms with Gasteiger partial charge in [0.05, 0.1) is 17.3 Å². The molecule has 0 saturated carbocycles. The number of piperazine rings is 1. The maximum absolute atomic E-state index is 13.2. The molecule has 2 unspecified atom stereocenters. The fraction of sp³-hybridized carbons (Fsp3) is 0.385. The zero-order chi connectivity index (χ0) is 25.5. The Labute approximate surface area is 225 Å². The first-order valence-electron chi connectivity index (χ1n) is 12.0. The Bertz CT molecular complexity index is 1200. The van der Waals surface area contributed by atoms with Crippen LogP contribution >= 0.6 is 23.2 Å². The summed E-state index contributed by atoms with van der Waals surface area (Å²) < 4.78 is 16.2. The molecule has 0 aliphatic carbocycles. The number of hydrogen-bond donors (Lipinski definition) is 1. The molecule has 1 aliphatic heterocycles. The highest BCUT2D eigenvalue weighted by Gasteiger charge is 2.34. The largest absolute Gasteiger partial charge is 0.354 e. The molecule has 0 spiro atoms. The lowest BCUT2D eigenvalue weighted by molar-refractivity contribution is -0.126. The predicted molar refractivity (Wildman–Crippen MR) is 146 cm³/mol. The SMILES string of the molecule is CS(=O)N1CCN(CCc2ccccc2Cl)CC1C(=O)NCCc1cncn1Cc1cccc(Cl)c1. The fourth-order valence-electron chi connectivity index (χ4n) is 4.49. The van der Waals surface area contributed by atoms with Gasteiger partial charge in [-0.15, -0.1) is 0 Å². The summed E-state index contributed by atoms with van der Waals surface area (Å²) in [5.74, 6) is -0.103. The number of amides is 1. The standard InChI is InChI=1S/C26H31Cl2N5O2S/c1-36(35)33-14-13-31(12-10-21-6-2-3-8-24(21)28)18-25(33)26(34)30-11-9-23-16-29-19-32(23)17-20-5-4-7-22(27)15-20/h2-8,15-16,19,25H,9-14,17-18H2,1H3,(H,30,34).